The number of hydrogen-bond donors (Lipinski definition) is 2. The molecule has 3 rings (SSSR count). The Labute approximate surface area is 134 Å². The number of aromatic hydroxyl groups is 1. The van der Waals surface area contributed by atoms with Gasteiger partial charge >= 0.3 is 5.97 Å². The van der Waals surface area contributed by atoms with E-state index in [4.69, 9.17) is 0 Å². The molecule has 5 nitrogen and oxygen atoms in total. The first-order valence-electron chi connectivity index (χ1n) is 6.92. The van der Waals surface area contributed by atoms with Gasteiger partial charge in [-0.3, -0.25) is 9.20 Å². The van der Waals surface area contributed by atoms with Crippen LogP contribution in [0.3, 0.4) is 0 Å². The number of halogens is 2. The van der Waals surface area contributed by atoms with Crippen molar-refractivity contribution in [2.24, 2.45) is 0 Å². The summed E-state index contributed by atoms with van der Waals surface area (Å²) in [6.45, 7) is 0. The molecule has 0 saturated heterocycles. The Morgan fingerprint density at radius 2 is 1.88 bits per heavy atom. The molecule has 0 aliphatic rings. The highest BCUT2D eigenvalue weighted by Crippen LogP contribution is 2.27. The first kappa shape index (κ1) is 15.7. The lowest BCUT2D eigenvalue weighted by Gasteiger charge is -2.12. The Morgan fingerprint density at radius 3 is 2.54 bits per heavy atom. The average Bonchev–Trinajstić information content (AvgIpc) is 2.54. The number of hydrogen-bond acceptors (Lipinski definition) is 3. The van der Waals surface area contributed by atoms with Gasteiger partial charge in [0.1, 0.15) is 5.75 Å². The molecule has 0 atom stereocenters. The molecule has 1 aromatic carbocycles. The molecule has 0 unspecified atom stereocenters. The molecular formula is C17H11F2NO4. The van der Waals surface area contributed by atoms with Crippen LogP contribution in [0.4, 0.5) is 8.78 Å². The van der Waals surface area contributed by atoms with Crippen LogP contribution in [-0.4, -0.2) is 20.6 Å². The van der Waals surface area contributed by atoms with Crippen molar-refractivity contribution in [3.8, 4) is 5.75 Å². The van der Waals surface area contributed by atoms with Crippen LogP contribution < -0.4 is 5.56 Å². The van der Waals surface area contributed by atoms with Gasteiger partial charge in [-0.25, -0.2) is 13.6 Å². The minimum Gasteiger partial charge on any atom is -0.506 e. The number of carboxylic acids is 1. The van der Waals surface area contributed by atoms with E-state index < -0.39 is 34.5 Å². The zero-order valence-corrected chi connectivity index (χ0v) is 12.2. The van der Waals surface area contributed by atoms with Crippen molar-refractivity contribution in [1.29, 1.82) is 0 Å². The van der Waals surface area contributed by atoms with Gasteiger partial charge in [0.05, 0.1) is 5.52 Å². The molecular weight excluding hydrogens is 320 g/mol. The monoisotopic (exact) mass is 331 g/mol. The van der Waals surface area contributed by atoms with E-state index in [1.165, 1.54) is 18.3 Å². The van der Waals surface area contributed by atoms with Gasteiger partial charge < -0.3 is 10.2 Å². The number of aromatic nitrogens is 1. The lowest BCUT2D eigenvalue weighted by atomic mass is 10.0. The molecule has 0 fully saturated rings. The van der Waals surface area contributed by atoms with Crippen molar-refractivity contribution < 1.29 is 23.8 Å². The van der Waals surface area contributed by atoms with E-state index in [2.05, 4.69) is 0 Å². The SMILES string of the molecule is O=C(O)c1c(O)c(Cc2ccc(F)c(F)c2)c2ccccn2c1=O. The van der Waals surface area contributed by atoms with Crippen molar-refractivity contribution in [1.82, 2.24) is 4.40 Å². The number of carboxylic acid groups (broad SMARTS) is 1. The number of nitrogens with zero attached hydrogens (tertiary/aromatic N) is 1. The molecule has 0 aliphatic carbocycles. The molecule has 7 heteroatoms. The molecule has 2 aromatic heterocycles. The highest BCUT2D eigenvalue weighted by atomic mass is 19.2. The lowest BCUT2D eigenvalue weighted by Crippen LogP contribution is -2.23. The van der Waals surface area contributed by atoms with Gasteiger partial charge in [-0.1, -0.05) is 12.1 Å². The van der Waals surface area contributed by atoms with E-state index in [-0.39, 0.29) is 17.5 Å². The van der Waals surface area contributed by atoms with Crippen LogP contribution in [0.15, 0.2) is 47.4 Å². The third kappa shape index (κ3) is 2.50. The number of pyridine rings is 2. The molecule has 0 radical (unpaired) electrons. The summed E-state index contributed by atoms with van der Waals surface area (Å²) < 4.78 is 27.5. The summed E-state index contributed by atoms with van der Waals surface area (Å²) in [4.78, 5) is 23.5. The summed E-state index contributed by atoms with van der Waals surface area (Å²) in [7, 11) is 0. The number of carbonyl (C=O) groups is 1. The van der Waals surface area contributed by atoms with E-state index in [0.29, 0.717) is 5.56 Å². The minimum absolute atomic E-state index is 0.0723. The predicted molar refractivity (Wildman–Crippen MR) is 81.5 cm³/mol. The van der Waals surface area contributed by atoms with Crippen molar-refractivity contribution >= 4 is 11.5 Å². The van der Waals surface area contributed by atoms with Crippen LogP contribution >= 0.6 is 0 Å². The lowest BCUT2D eigenvalue weighted by molar-refractivity contribution is 0.0691. The second-order valence-corrected chi connectivity index (χ2v) is 5.19. The van der Waals surface area contributed by atoms with Gasteiger partial charge in [-0.15, -0.1) is 0 Å². The minimum atomic E-state index is -1.57. The van der Waals surface area contributed by atoms with E-state index in [0.717, 1.165) is 16.5 Å². The number of aromatic carboxylic acids is 1. The van der Waals surface area contributed by atoms with Gasteiger partial charge in [0, 0.05) is 18.2 Å². The van der Waals surface area contributed by atoms with Crippen molar-refractivity contribution in [3.63, 3.8) is 0 Å². The second kappa shape index (κ2) is 5.77. The maximum atomic E-state index is 13.4. The zero-order valence-electron chi connectivity index (χ0n) is 12.2. The summed E-state index contributed by atoms with van der Waals surface area (Å²) in [5.74, 6) is -4.31. The second-order valence-electron chi connectivity index (χ2n) is 5.19. The molecule has 2 heterocycles. The zero-order chi connectivity index (χ0) is 17.4. The van der Waals surface area contributed by atoms with Gasteiger partial charge in [-0.2, -0.15) is 0 Å². The maximum Gasteiger partial charge on any atom is 0.345 e. The largest absolute Gasteiger partial charge is 0.506 e. The average molecular weight is 331 g/mol. The predicted octanol–water partition coefficient (Wildman–Crippen LogP) is 2.57. The van der Waals surface area contributed by atoms with Gasteiger partial charge in [0.15, 0.2) is 17.2 Å². The third-order valence-electron chi connectivity index (χ3n) is 3.70. The normalized spacial score (nSPS) is 10.9. The molecule has 3 aromatic rings. The number of rotatable bonds is 3. The Hall–Kier alpha value is -3.22. The molecule has 0 spiro atoms. The topological polar surface area (TPSA) is 79.0 Å². The van der Waals surface area contributed by atoms with Crippen molar-refractivity contribution in [2.45, 2.75) is 6.42 Å². The van der Waals surface area contributed by atoms with Crippen molar-refractivity contribution in [2.75, 3.05) is 0 Å². The number of benzene rings is 1. The Morgan fingerprint density at radius 1 is 1.12 bits per heavy atom. The quantitative estimate of drug-likeness (QED) is 0.773. The van der Waals surface area contributed by atoms with E-state index >= 15 is 0 Å². The van der Waals surface area contributed by atoms with Crippen LogP contribution in [-0.2, 0) is 6.42 Å². The highest BCUT2D eigenvalue weighted by molar-refractivity contribution is 5.92. The van der Waals surface area contributed by atoms with Crippen LogP contribution in [0, 0.1) is 11.6 Å². The van der Waals surface area contributed by atoms with Gasteiger partial charge in [-0.05, 0) is 29.8 Å². The fourth-order valence-corrected chi connectivity index (χ4v) is 2.58. The fraction of sp³-hybridized carbons (Fsp3) is 0.0588. The summed E-state index contributed by atoms with van der Waals surface area (Å²) in [6, 6.07) is 7.91. The Bertz CT molecular complexity index is 1030. The molecule has 0 bridgehead atoms. The first-order valence-corrected chi connectivity index (χ1v) is 6.92. The maximum absolute atomic E-state index is 13.4. The van der Waals surface area contributed by atoms with Gasteiger partial charge in [0.25, 0.3) is 5.56 Å². The molecule has 2 N–H and O–H groups in total. The van der Waals surface area contributed by atoms with Crippen LogP contribution in [0.5, 0.6) is 5.75 Å². The van der Waals surface area contributed by atoms with E-state index in [9.17, 15) is 28.6 Å². The van der Waals surface area contributed by atoms with Crippen LogP contribution in [0.2, 0.25) is 0 Å². The third-order valence-corrected chi connectivity index (χ3v) is 3.70. The molecule has 122 valence electrons. The standard InChI is InChI=1S/C17H11F2NO4/c18-11-5-4-9(8-12(11)19)7-10-13-3-1-2-6-20(13)16(22)14(15(10)21)17(23)24/h1-6,8,21H,7H2,(H,23,24). The Kier molecular flexibility index (Phi) is 3.76. The number of fused-ring (bicyclic) bond motifs is 1. The first-order chi connectivity index (χ1) is 11.4. The summed E-state index contributed by atoms with van der Waals surface area (Å²) in [5.41, 5.74) is -0.890. The van der Waals surface area contributed by atoms with Crippen molar-refractivity contribution in [3.05, 3.63) is 81.3 Å². The van der Waals surface area contributed by atoms with E-state index in [1.54, 1.807) is 12.1 Å². The summed E-state index contributed by atoms with van der Waals surface area (Å²) >= 11 is 0. The van der Waals surface area contributed by atoms with Gasteiger partial charge in [0.2, 0.25) is 0 Å². The van der Waals surface area contributed by atoms with Crippen LogP contribution in [0.25, 0.3) is 5.52 Å². The molecule has 0 amide bonds. The smallest absolute Gasteiger partial charge is 0.345 e. The summed E-state index contributed by atoms with van der Waals surface area (Å²) in [5, 5.41) is 19.5. The van der Waals surface area contributed by atoms with E-state index in [1.807, 2.05) is 0 Å². The Balaban J connectivity index is 2.28. The molecule has 0 aliphatic heterocycles. The highest BCUT2D eigenvalue weighted by Gasteiger charge is 2.22. The van der Waals surface area contributed by atoms with Crippen LogP contribution in [0.1, 0.15) is 21.5 Å². The fourth-order valence-electron chi connectivity index (χ4n) is 2.58. The summed E-state index contributed by atoms with van der Waals surface area (Å²) in [6.07, 6.45) is 1.30. The molecule has 0 saturated carbocycles. The molecule has 24 heavy (non-hydrogen) atoms.